The van der Waals surface area contributed by atoms with Crippen molar-refractivity contribution in [1.29, 1.82) is 0 Å². The smallest absolute Gasteiger partial charge is 0.124 e. The molecule has 0 unspecified atom stereocenters. The van der Waals surface area contributed by atoms with Crippen molar-refractivity contribution in [2.45, 2.75) is 27.0 Å². The van der Waals surface area contributed by atoms with Gasteiger partial charge in [0.15, 0.2) is 0 Å². The van der Waals surface area contributed by atoms with Crippen LogP contribution >= 0.6 is 11.6 Å². The van der Waals surface area contributed by atoms with Gasteiger partial charge in [0, 0.05) is 22.8 Å². The van der Waals surface area contributed by atoms with Crippen LogP contribution in [0.2, 0.25) is 5.02 Å². The van der Waals surface area contributed by atoms with Crippen LogP contribution in [0.15, 0.2) is 66.7 Å². The molecule has 0 saturated carbocycles. The highest BCUT2D eigenvalue weighted by Crippen LogP contribution is 2.23. The van der Waals surface area contributed by atoms with Crippen LogP contribution in [0.1, 0.15) is 22.3 Å². The van der Waals surface area contributed by atoms with Crippen LogP contribution in [0, 0.1) is 13.8 Å². The second kappa shape index (κ2) is 8.09. The first-order valence-corrected chi connectivity index (χ1v) is 8.76. The molecule has 3 aromatic carbocycles. The molecule has 3 aromatic rings. The molecule has 2 nitrogen and oxygen atoms in total. The fourth-order valence-electron chi connectivity index (χ4n) is 2.71. The van der Waals surface area contributed by atoms with Gasteiger partial charge in [-0.15, -0.1) is 0 Å². The number of para-hydroxylation sites is 1. The fourth-order valence-corrected chi connectivity index (χ4v) is 2.92. The quantitative estimate of drug-likeness (QED) is 0.575. The Labute approximate surface area is 154 Å². The maximum atomic E-state index is 6.04. The van der Waals surface area contributed by atoms with Crippen LogP contribution in [0.25, 0.3) is 0 Å². The van der Waals surface area contributed by atoms with Gasteiger partial charge in [-0.2, -0.15) is 0 Å². The number of nitrogens with one attached hydrogen (secondary N) is 1. The molecule has 0 aliphatic heterocycles. The first kappa shape index (κ1) is 17.4. The Morgan fingerprint density at radius 3 is 2.56 bits per heavy atom. The zero-order valence-corrected chi connectivity index (χ0v) is 15.3. The van der Waals surface area contributed by atoms with E-state index >= 15 is 0 Å². The van der Waals surface area contributed by atoms with Gasteiger partial charge in [0.05, 0.1) is 0 Å². The third-order valence-corrected chi connectivity index (χ3v) is 4.56. The first-order valence-electron chi connectivity index (χ1n) is 8.39. The van der Waals surface area contributed by atoms with E-state index in [1.54, 1.807) is 0 Å². The van der Waals surface area contributed by atoms with Gasteiger partial charge in [-0.3, -0.25) is 0 Å². The number of hydrogen-bond acceptors (Lipinski definition) is 2. The Bertz CT molecular complexity index is 860. The lowest BCUT2D eigenvalue weighted by molar-refractivity contribution is 0.303. The Morgan fingerprint density at radius 1 is 0.920 bits per heavy atom. The predicted octanol–water partition coefficient (Wildman–Crippen LogP) is 6.15. The highest BCUT2D eigenvalue weighted by molar-refractivity contribution is 6.30. The van der Waals surface area contributed by atoms with Gasteiger partial charge < -0.3 is 10.1 Å². The number of hydrogen-bond donors (Lipinski definition) is 1. The molecule has 1 N–H and O–H groups in total. The second-order valence-electron chi connectivity index (χ2n) is 6.13. The Kier molecular flexibility index (Phi) is 5.62. The van der Waals surface area contributed by atoms with Crippen LogP contribution < -0.4 is 10.1 Å². The summed E-state index contributed by atoms with van der Waals surface area (Å²) in [4.78, 5) is 0. The van der Waals surface area contributed by atoms with Crippen molar-refractivity contribution in [3.63, 3.8) is 0 Å². The molecule has 0 fully saturated rings. The monoisotopic (exact) mass is 351 g/mol. The second-order valence-corrected chi connectivity index (χ2v) is 6.56. The van der Waals surface area contributed by atoms with Crippen molar-refractivity contribution in [1.82, 2.24) is 0 Å². The summed E-state index contributed by atoms with van der Waals surface area (Å²) >= 11 is 6.04. The molecule has 0 saturated heterocycles. The molecule has 0 aliphatic carbocycles. The van der Waals surface area contributed by atoms with Crippen LogP contribution in [-0.2, 0) is 13.2 Å². The lowest BCUT2D eigenvalue weighted by Gasteiger charge is -2.15. The molecule has 0 aromatic heterocycles. The normalized spacial score (nSPS) is 10.5. The summed E-state index contributed by atoms with van der Waals surface area (Å²) in [5, 5.41) is 4.24. The number of halogens is 1. The van der Waals surface area contributed by atoms with E-state index in [1.807, 2.05) is 42.5 Å². The van der Waals surface area contributed by atoms with Crippen molar-refractivity contribution in [3.8, 4) is 5.75 Å². The zero-order chi connectivity index (χ0) is 17.6. The van der Waals surface area contributed by atoms with E-state index in [4.69, 9.17) is 16.3 Å². The Morgan fingerprint density at radius 2 is 1.72 bits per heavy atom. The van der Waals surface area contributed by atoms with E-state index < -0.39 is 0 Å². The number of benzene rings is 3. The summed E-state index contributed by atoms with van der Waals surface area (Å²) in [6.07, 6.45) is 0. The summed E-state index contributed by atoms with van der Waals surface area (Å²) in [5.74, 6) is 0.889. The highest BCUT2D eigenvalue weighted by atomic mass is 35.5. The molecule has 3 heteroatoms. The number of ether oxygens (including phenoxy) is 1. The van der Waals surface area contributed by atoms with Crippen LogP contribution in [0.4, 0.5) is 5.69 Å². The van der Waals surface area contributed by atoms with E-state index in [2.05, 4.69) is 43.4 Å². The molecule has 3 rings (SSSR count). The van der Waals surface area contributed by atoms with Crippen molar-refractivity contribution >= 4 is 17.3 Å². The Hall–Kier alpha value is -2.45. The molecule has 0 bridgehead atoms. The number of rotatable bonds is 6. The van der Waals surface area contributed by atoms with E-state index in [0.29, 0.717) is 6.61 Å². The fraction of sp³-hybridized carbons (Fsp3) is 0.182. The largest absolute Gasteiger partial charge is 0.489 e. The number of aryl methyl sites for hydroxylation is 1. The van der Waals surface area contributed by atoms with E-state index in [9.17, 15) is 0 Å². The predicted molar refractivity (Wildman–Crippen MR) is 105 cm³/mol. The van der Waals surface area contributed by atoms with E-state index in [-0.39, 0.29) is 0 Å². The van der Waals surface area contributed by atoms with Crippen molar-refractivity contribution in [2.75, 3.05) is 5.32 Å². The minimum absolute atomic E-state index is 0.501. The molecule has 0 amide bonds. The highest BCUT2D eigenvalue weighted by Gasteiger charge is 2.06. The van der Waals surface area contributed by atoms with Crippen molar-refractivity contribution < 1.29 is 4.74 Å². The molecule has 128 valence electrons. The molecule has 0 heterocycles. The van der Waals surface area contributed by atoms with Crippen LogP contribution in [-0.4, -0.2) is 0 Å². The molecular weight excluding hydrogens is 330 g/mol. The Balaban J connectivity index is 1.69. The summed E-state index contributed by atoms with van der Waals surface area (Å²) in [5.41, 5.74) is 5.91. The maximum Gasteiger partial charge on any atom is 0.124 e. The van der Waals surface area contributed by atoms with Crippen LogP contribution in [0.5, 0.6) is 5.75 Å². The molecule has 0 radical (unpaired) electrons. The third kappa shape index (κ3) is 4.55. The zero-order valence-electron chi connectivity index (χ0n) is 14.6. The standard InChI is InChI=1S/C22H22ClNO/c1-16-7-5-11-21(17(16)2)24-14-19-9-3-4-12-22(19)25-15-18-8-6-10-20(23)13-18/h3-13,24H,14-15H2,1-2H3. The molecule has 0 spiro atoms. The minimum atomic E-state index is 0.501. The summed E-state index contributed by atoms with van der Waals surface area (Å²) < 4.78 is 6.02. The van der Waals surface area contributed by atoms with Crippen molar-refractivity contribution in [2.24, 2.45) is 0 Å². The molecule has 25 heavy (non-hydrogen) atoms. The molecular formula is C22H22ClNO. The summed E-state index contributed by atoms with van der Waals surface area (Å²) in [7, 11) is 0. The first-order chi connectivity index (χ1) is 12.1. The lowest BCUT2D eigenvalue weighted by Crippen LogP contribution is -2.05. The van der Waals surface area contributed by atoms with Gasteiger partial charge in [0.25, 0.3) is 0 Å². The van der Waals surface area contributed by atoms with Gasteiger partial charge in [0.1, 0.15) is 12.4 Å². The lowest BCUT2D eigenvalue weighted by atomic mass is 10.1. The average Bonchev–Trinajstić information content (AvgIpc) is 2.62. The van der Waals surface area contributed by atoms with Gasteiger partial charge in [-0.1, -0.05) is 54.1 Å². The minimum Gasteiger partial charge on any atom is -0.489 e. The summed E-state index contributed by atoms with van der Waals surface area (Å²) in [6.45, 7) is 5.48. The van der Waals surface area contributed by atoms with Gasteiger partial charge >= 0.3 is 0 Å². The molecule has 0 aliphatic rings. The molecule has 0 atom stereocenters. The van der Waals surface area contributed by atoms with Gasteiger partial charge in [0.2, 0.25) is 0 Å². The van der Waals surface area contributed by atoms with Crippen LogP contribution in [0.3, 0.4) is 0 Å². The average molecular weight is 352 g/mol. The summed E-state index contributed by atoms with van der Waals surface area (Å²) in [6, 6.07) is 22.2. The SMILES string of the molecule is Cc1cccc(NCc2ccccc2OCc2cccc(Cl)c2)c1C. The van der Waals surface area contributed by atoms with Gasteiger partial charge in [-0.25, -0.2) is 0 Å². The third-order valence-electron chi connectivity index (χ3n) is 4.33. The topological polar surface area (TPSA) is 21.3 Å². The number of anilines is 1. The van der Waals surface area contributed by atoms with Crippen molar-refractivity contribution in [3.05, 3.63) is 94.0 Å². The van der Waals surface area contributed by atoms with E-state index in [1.165, 1.54) is 11.1 Å². The maximum absolute atomic E-state index is 6.04. The van der Waals surface area contributed by atoms with E-state index in [0.717, 1.165) is 34.1 Å². The van der Waals surface area contributed by atoms with Gasteiger partial charge in [-0.05, 0) is 54.8 Å².